The fraction of sp³-hybridized carbons (Fsp3) is 0.917. The van der Waals surface area contributed by atoms with Crippen LogP contribution in [-0.4, -0.2) is 36.9 Å². The summed E-state index contributed by atoms with van der Waals surface area (Å²) in [7, 11) is 1.54. The molecule has 1 aliphatic rings. The molecule has 1 rings (SSSR count). The maximum atomic E-state index is 11.0. The van der Waals surface area contributed by atoms with Crippen molar-refractivity contribution in [3.63, 3.8) is 0 Å². The van der Waals surface area contributed by atoms with Gasteiger partial charge in [-0.1, -0.05) is 26.2 Å². The van der Waals surface area contributed by atoms with Gasteiger partial charge < -0.3 is 9.84 Å². The van der Waals surface area contributed by atoms with Crippen LogP contribution in [0.15, 0.2) is 0 Å². The highest BCUT2D eigenvalue weighted by Crippen LogP contribution is 2.27. The van der Waals surface area contributed by atoms with Gasteiger partial charge in [-0.15, -0.1) is 0 Å². The van der Waals surface area contributed by atoms with Gasteiger partial charge in [-0.25, -0.2) is 0 Å². The quantitative estimate of drug-likeness (QED) is 0.727. The van der Waals surface area contributed by atoms with E-state index in [9.17, 15) is 4.79 Å². The predicted molar refractivity (Wildman–Crippen MR) is 62.5 cm³/mol. The summed E-state index contributed by atoms with van der Waals surface area (Å²) in [6.07, 6.45) is 5.91. The molecule has 4 nitrogen and oxygen atoms in total. The number of hydrogen-bond donors (Lipinski definition) is 2. The van der Waals surface area contributed by atoms with Crippen LogP contribution in [0.2, 0.25) is 0 Å². The first-order chi connectivity index (χ1) is 7.69. The van der Waals surface area contributed by atoms with Crippen LogP contribution in [0, 0.1) is 5.92 Å². The van der Waals surface area contributed by atoms with Gasteiger partial charge in [0.1, 0.15) is 6.04 Å². The number of ether oxygens (including phenoxy) is 1. The highest BCUT2D eigenvalue weighted by molar-refractivity contribution is 5.73. The van der Waals surface area contributed by atoms with E-state index < -0.39 is 12.0 Å². The zero-order valence-electron chi connectivity index (χ0n) is 10.2. The molecule has 3 atom stereocenters. The van der Waals surface area contributed by atoms with Crippen molar-refractivity contribution < 1.29 is 14.6 Å². The molecule has 3 unspecified atom stereocenters. The second kappa shape index (κ2) is 6.86. The lowest BCUT2D eigenvalue weighted by molar-refractivity contribution is -0.141. The van der Waals surface area contributed by atoms with Crippen LogP contribution in [0.5, 0.6) is 0 Å². The Labute approximate surface area is 97.4 Å². The molecule has 1 fully saturated rings. The lowest BCUT2D eigenvalue weighted by atomic mass is 9.82. The number of methoxy groups -OCH3 is 1. The van der Waals surface area contributed by atoms with E-state index in [1.54, 1.807) is 0 Å². The lowest BCUT2D eigenvalue weighted by Gasteiger charge is -2.33. The normalized spacial score (nSPS) is 27.6. The molecule has 0 aromatic rings. The molecular formula is C12H23NO3. The first-order valence-corrected chi connectivity index (χ1v) is 6.16. The number of hydrogen-bond acceptors (Lipinski definition) is 3. The fourth-order valence-corrected chi connectivity index (χ4v) is 2.53. The summed E-state index contributed by atoms with van der Waals surface area (Å²) in [5.74, 6) is -0.199. The highest BCUT2D eigenvalue weighted by Gasteiger charge is 2.28. The Morgan fingerprint density at radius 2 is 2.19 bits per heavy atom. The smallest absolute Gasteiger partial charge is 0.323 e. The van der Waals surface area contributed by atoms with Crippen LogP contribution < -0.4 is 5.32 Å². The van der Waals surface area contributed by atoms with E-state index in [4.69, 9.17) is 9.84 Å². The zero-order valence-corrected chi connectivity index (χ0v) is 10.2. The molecule has 0 aromatic carbocycles. The van der Waals surface area contributed by atoms with Gasteiger partial charge in [-0.3, -0.25) is 10.1 Å². The largest absolute Gasteiger partial charge is 0.480 e. The molecule has 0 aliphatic heterocycles. The number of carboxylic acids is 1. The molecule has 1 saturated carbocycles. The summed E-state index contributed by atoms with van der Waals surface area (Å²) in [4.78, 5) is 11.0. The van der Waals surface area contributed by atoms with Crippen molar-refractivity contribution in [2.24, 2.45) is 5.92 Å². The van der Waals surface area contributed by atoms with Gasteiger partial charge in [0.2, 0.25) is 0 Å². The van der Waals surface area contributed by atoms with Crippen molar-refractivity contribution >= 4 is 5.97 Å². The molecule has 0 heterocycles. The van der Waals surface area contributed by atoms with Crippen molar-refractivity contribution in [1.82, 2.24) is 5.32 Å². The van der Waals surface area contributed by atoms with E-state index in [2.05, 4.69) is 12.2 Å². The number of carboxylic acid groups (broad SMARTS) is 1. The SMILES string of the molecule is CCC1CCCCC1NC(COC)C(=O)O. The standard InChI is InChI=1S/C12H23NO3/c1-3-9-6-4-5-7-10(9)13-11(8-16-2)12(14)15/h9-11,13H,3-8H2,1-2H3,(H,14,15). The molecule has 94 valence electrons. The first kappa shape index (κ1) is 13.5. The topological polar surface area (TPSA) is 58.6 Å². The fourth-order valence-electron chi connectivity index (χ4n) is 2.53. The van der Waals surface area contributed by atoms with Crippen molar-refractivity contribution in [3.8, 4) is 0 Å². The minimum Gasteiger partial charge on any atom is -0.480 e. The van der Waals surface area contributed by atoms with Gasteiger partial charge in [0.15, 0.2) is 0 Å². The van der Waals surface area contributed by atoms with Crippen LogP contribution in [0.1, 0.15) is 39.0 Å². The average molecular weight is 229 g/mol. The molecule has 1 aliphatic carbocycles. The highest BCUT2D eigenvalue weighted by atomic mass is 16.5. The Kier molecular flexibility index (Phi) is 5.77. The van der Waals surface area contributed by atoms with Gasteiger partial charge in [-0.2, -0.15) is 0 Å². The summed E-state index contributed by atoms with van der Waals surface area (Å²) < 4.78 is 4.93. The number of nitrogens with one attached hydrogen (secondary N) is 1. The Balaban J connectivity index is 2.50. The van der Waals surface area contributed by atoms with Gasteiger partial charge in [0.25, 0.3) is 0 Å². The summed E-state index contributed by atoms with van der Waals surface area (Å²) in [6, 6.07) is -0.225. The summed E-state index contributed by atoms with van der Waals surface area (Å²) >= 11 is 0. The van der Waals surface area contributed by atoms with E-state index in [1.807, 2.05) is 0 Å². The number of rotatable bonds is 6. The van der Waals surface area contributed by atoms with E-state index in [1.165, 1.54) is 26.4 Å². The number of carbonyl (C=O) groups is 1. The van der Waals surface area contributed by atoms with Gasteiger partial charge in [-0.05, 0) is 18.8 Å². The van der Waals surface area contributed by atoms with Crippen LogP contribution in [0.4, 0.5) is 0 Å². The molecule has 0 saturated heterocycles. The second-order valence-electron chi connectivity index (χ2n) is 4.57. The van der Waals surface area contributed by atoms with Crippen molar-refractivity contribution in [3.05, 3.63) is 0 Å². The third kappa shape index (κ3) is 3.76. The van der Waals surface area contributed by atoms with Crippen LogP contribution in [-0.2, 0) is 9.53 Å². The minimum atomic E-state index is -0.817. The molecule has 16 heavy (non-hydrogen) atoms. The van der Waals surface area contributed by atoms with Gasteiger partial charge in [0.05, 0.1) is 6.61 Å². The maximum Gasteiger partial charge on any atom is 0.323 e. The summed E-state index contributed by atoms with van der Waals surface area (Å²) in [5, 5.41) is 12.3. The third-order valence-electron chi connectivity index (χ3n) is 3.48. The Morgan fingerprint density at radius 3 is 2.75 bits per heavy atom. The van der Waals surface area contributed by atoms with Crippen LogP contribution >= 0.6 is 0 Å². The monoisotopic (exact) mass is 229 g/mol. The van der Waals surface area contributed by atoms with Gasteiger partial charge >= 0.3 is 5.97 Å². The third-order valence-corrected chi connectivity index (χ3v) is 3.48. The first-order valence-electron chi connectivity index (χ1n) is 6.16. The molecule has 4 heteroatoms. The van der Waals surface area contributed by atoms with Crippen LogP contribution in [0.3, 0.4) is 0 Å². The number of aliphatic carboxylic acids is 1. The zero-order chi connectivity index (χ0) is 12.0. The van der Waals surface area contributed by atoms with E-state index >= 15 is 0 Å². The molecule has 0 radical (unpaired) electrons. The van der Waals surface area contributed by atoms with E-state index in [0.29, 0.717) is 12.0 Å². The molecule has 0 aromatic heterocycles. The van der Waals surface area contributed by atoms with Crippen molar-refractivity contribution in [2.75, 3.05) is 13.7 Å². The lowest BCUT2D eigenvalue weighted by Crippen LogP contribution is -2.49. The van der Waals surface area contributed by atoms with Crippen molar-refractivity contribution in [2.45, 2.75) is 51.1 Å². The second-order valence-corrected chi connectivity index (χ2v) is 4.57. The summed E-state index contributed by atoms with van der Waals surface area (Å²) in [5.41, 5.74) is 0. The Bertz CT molecular complexity index is 220. The Morgan fingerprint density at radius 1 is 1.50 bits per heavy atom. The molecule has 0 bridgehead atoms. The molecule has 0 amide bonds. The maximum absolute atomic E-state index is 11.0. The molecule has 2 N–H and O–H groups in total. The average Bonchev–Trinajstić information content (AvgIpc) is 2.29. The van der Waals surface area contributed by atoms with Crippen molar-refractivity contribution in [1.29, 1.82) is 0 Å². The molecular weight excluding hydrogens is 206 g/mol. The molecule has 0 spiro atoms. The van der Waals surface area contributed by atoms with Crippen LogP contribution in [0.25, 0.3) is 0 Å². The predicted octanol–water partition coefficient (Wildman–Crippen LogP) is 1.64. The van der Waals surface area contributed by atoms with Gasteiger partial charge in [0, 0.05) is 13.2 Å². The summed E-state index contributed by atoms with van der Waals surface area (Å²) in [6.45, 7) is 2.42. The Hall–Kier alpha value is -0.610. The van der Waals surface area contributed by atoms with E-state index in [0.717, 1.165) is 12.8 Å². The van der Waals surface area contributed by atoms with E-state index in [-0.39, 0.29) is 6.61 Å². The minimum absolute atomic E-state index is 0.238.